The third kappa shape index (κ3) is 4.84. The van der Waals surface area contributed by atoms with Crippen molar-refractivity contribution in [2.45, 2.75) is 69.2 Å². The minimum Gasteiger partial charge on any atom is -0.312 e. The molecule has 2 N–H and O–H groups in total. The minimum absolute atomic E-state index is 0.0470. The molecule has 1 atom stereocenters. The molecule has 0 saturated heterocycles. The summed E-state index contributed by atoms with van der Waals surface area (Å²) >= 11 is 1.46. The van der Waals surface area contributed by atoms with Crippen LogP contribution in [0.5, 0.6) is 0 Å². The van der Waals surface area contributed by atoms with Crippen LogP contribution in [0.1, 0.15) is 71.8 Å². The van der Waals surface area contributed by atoms with E-state index in [-0.39, 0.29) is 16.5 Å². The molecule has 2 aliphatic rings. The van der Waals surface area contributed by atoms with Crippen LogP contribution in [0.25, 0.3) is 0 Å². The van der Waals surface area contributed by atoms with Crippen LogP contribution in [0.4, 0.5) is 5.00 Å². The number of nitriles is 1. The van der Waals surface area contributed by atoms with Crippen molar-refractivity contribution in [2.24, 2.45) is 5.92 Å². The van der Waals surface area contributed by atoms with Crippen molar-refractivity contribution in [3.05, 3.63) is 45.8 Å². The summed E-state index contributed by atoms with van der Waals surface area (Å²) < 4.78 is 28.4. The molecule has 2 aromatic rings. The minimum atomic E-state index is -3.69. The van der Waals surface area contributed by atoms with Crippen molar-refractivity contribution in [1.29, 1.82) is 5.26 Å². The molecule has 0 bridgehead atoms. The molecular formula is C23H27N3O3S2. The molecule has 8 heteroatoms. The van der Waals surface area contributed by atoms with Crippen LogP contribution in [0.3, 0.4) is 0 Å². The number of hydrogen-bond acceptors (Lipinski definition) is 5. The maximum Gasteiger partial charge on any atom is 0.256 e. The highest BCUT2D eigenvalue weighted by molar-refractivity contribution is 7.89. The fourth-order valence-corrected chi connectivity index (χ4v) is 7.15. The highest BCUT2D eigenvalue weighted by atomic mass is 32.2. The van der Waals surface area contributed by atoms with Gasteiger partial charge in [0, 0.05) is 16.5 Å². The summed E-state index contributed by atoms with van der Waals surface area (Å²) in [5.74, 6) is 0.164. The van der Waals surface area contributed by atoms with Crippen molar-refractivity contribution in [1.82, 2.24) is 4.72 Å². The number of thiophene rings is 1. The van der Waals surface area contributed by atoms with E-state index in [9.17, 15) is 18.5 Å². The highest BCUT2D eigenvalue weighted by Gasteiger charge is 2.26. The van der Waals surface area contributed by atoms with Crippen molar-refractivity contribution >= 4 is 32.3 Å². The van der Waals surface area contributed by atoms with Crippen LogP contribution in [-0.2, 0) is 22.9 Å². The van der Waals surface area contributed by atoms with Gasteiger partial charge in [0.15, 0.2) is 0 Å². The van der Waals surface area contributed by atoms with Crippen LogP contribution >= 0.6 is 11.3 Å². The van der Waals surface area contributed by atoms with Crippen molar-refractivity contribution in [2.75, 3.05) is 5.32 Å². The second kappa shape index (κ2) is 9.11. The Bertz CT molecular complexity index is 1130. The molecule has 0 unspecified atom stereocenters. The Morgan fingerprint density at radius 1 is 1.19 bits per heavy atom. The second-order valence-corrected chi connectivity index (χ2v) is 11.4. The maximum atomic E-state index is 12.9. The zero-order valence-corrected chi connectivity index (χ0v) is 19.2. The molecule has 1 saturated carbocycles. The largest absolute Gasteiger partial charge is 0.312 e. The number of carbonyl (C=O) groups is 1. The van der Waals surface area contributed by atoms with E-state index in [1.54, 1.807) is 12.1 Å². The first kappa shape index (κ1) is 22.0. The molecule has 0 radical (unpaired) electrons. The first-order valence-corrected chi connectivity index (χ1v) is 13.2. The number of carbonyl (C=O) groups excluding carboxylic acids is 1. The van der Waals surface area contributed by atoms with Gasteiger partial charge in [-0.05, 0) is 61.8 Å². The third-order valence-corrected chi connectivity index (χ3v) is 8.87. The average molecular weight is 458 g/mol. The number of nitrogens with zero attached hydrogens (tertiary/aromatic N) is 1. The first-order chi connectivity index (χ1) is 14.9. The zero-order chi connectivity index (χ0) is 22.0. The molecule has 1 aromatic carbocycles. The zero-order valence-electron chi connectivity index (χ0n) is 17.6. The predicted molar refractivity (Wildman–Crippen MR) is 122 cm³/mol. The van der Waals surface area contributed by atoms with E-state index >= 15 is 0 Å². The number of anilines is 1. The topological polar surface area (TPSA) is 99.1 Å². The van der Waals surface area contributed by atoms with E-state index in [2.05, 4.69) is 23.0 Å². The van der Waals surface area contributed by atoms with E-state index in [0.29, 0.717) is 16.5 Å². The molecule has 2 aliphatic carbocycles. The molecule has 1 amide bonds. The van der Waals surface area contributed by atoms with Gasteiger partial charge in [-0.15, -0.1) is 11.3 Å². The van der Waals surface area contributed by atoms with Gasteiger partial charge in [-0.3, -0.25) is 4.79 Å². The van der Waals surface area contributed by atoms with Crippen molar-refractivity contribution in [3.63, 3.8) is 0 Å². The molecule has 6 nitrogen and oxygen atoms in total. The summed E-state index contributed by atoms with van der Waals surface area (Å²) in [7, 11) is -3.69. The Hall–Kier alpha value is -2.21. The lowest BCUT2D eigenvalue weighted by molar-refractivity contribution is 0.102. The lowest BCUT2D eigenvalue weighted by Gasteiger charge is -2.22. The third-order valence-electron chi connectivity index (χ3n) is 6.18. The number of benzene rings is 1. The normalized spacial score (nSPS) is 19.4. The molecule has 1 heterocycles. The molecule has 0 spiro atoms. The predicted octanol–water partition coefficient (Wildman–Crippen LogP) is 4.61. The molecule has 1 aromatic heterocycles. The van der Waals surface area contributed by atoms with Gasteiger partial charge in [0.1, 0.15) is 11.1 Å². The van der Waals surface area contributed by atoms with Crippen LogP contribution in [0.15, 0.2) is 29.2 Å². The summed E-state index contributed by atoms with van der Waals surface area (Å²) in [6.45, 7) is 2.19. The number of hydrogen-bond donors (Lipinski definition) is 2. The summed E-state index contributed by atoms with van der Waals surface area (Å²) in [6, 6.07) is 8.29. The van der Waals surface area contributed by atoms with Crippen LogP contribution in [0, 0.1) is 17.2 Å². The Kier molecular flexibility index (Phi) is 6.47. The number of amides is 1. The molecule has 1 fully saturated rings. The number of fused-ring (bicyclic) bond motifs is 1. The molecule has 0 aliphatic heterocycles. The van der Waals surface area contributed by atoms with E-state index in [0.717, 1.165) is 56.9 Å². The summed E-state index contributed by atoms with van der Waals surface area (Å²) in [4.78, 5) is 14.2. The fraction of sp³-hybridized carbons (Fsp3) is 0.478. The van der Waals surface area contributed by atoms with Gasteiger partial charge in [0.05, 0.1) is 10.5 Å². The number of sulfonamides is 1. The van der Waals surface area contributed by atoms with Gasteiger partial charge >= 0.3 is 0 Å². The maximum absolute atomic E-state index is 12.9. The van der Waals surface area contributed by atoms with Crippen molar-refractivity contribution in [3.8, 4) is 6.07 Å². The smallest absolute Gasteiger partial charge is 0.256 e. The van der Waals surface area contributed by atoms with E-state index in [4.69, 9.17) is 0 Å². The van der Waals surface area contributed by atoms with Gasteiger partial charge < -0.3 is 5.32 Å². The summed E-state index contributed by atoms with van der Waals surface area (Å²) in [6.07, 6.45) is 7.71. The van der Waals surface area contributed by atoms with E-state index < -0.39 is 15.9 Å². The van der Waals surface area contributed by atoms with Crippen LogP contribution in [0.2, 0.25) is 0 Å². The quantitative estimate of drug-likeness (QED) is 0.685. The Morgan fingerprint density at radius 2 is 1.97 bits per heavy atom. The Labute approximate surface area is 187 Å². The van der Waals surface area contributed by atoms with Gasteiger partial charge in [-0.2, -0.15) is 5.26 Å². The van der Waals surface area contributed by atoms with Crippen LogP contribution in [-0.4, -0.2) is 20.4 Å². The first-order valence-electron chi connectivity index (χ1n) is 10.9. The summed E-state index contributed by atoms with van der Waals surface area (Å²) in [5, 5.41) is 13.0. The van der Waals surface area contributed by atoms with Crippen LogP contribution < -0.4 is 10.0 Å². The highest BCUT2D eigenvalue weighted by Crippen LogP contribution is 2.39. The fourth-order valence-electron chi connectivity index (χ4n) is 4.44. The van der Waals surface area contributed by atoms with Gasteiger partial charge in [-0.25, -0.2) is 13.1 Å². The molecular weight excluding hydrogens is 430 g/mol. The molecule has 164 valence electrons. The SMILES string of the molecule is C[C@H]1CCc2c(sc(NC(=O)c3cccc(S(=O)(=O)NC4CCCCC4)c3)c2C#N)C1. The lowest BCUT2D eigenvalue weighted by atomic mass is 9.88. The van der Waals surface area contributed by atoms with Gasteiger partial charge in [0.2, 0.25) is 10.0 Å². The lowest BCUT2D eigenvalue weighted by Crippen LogP contribution is -2.36. The second-order valence-electron chi connectivity index (χ2n) is 8.61. The Balaban J connectivity index is 1.53. The van der Waals surface area contributed by atoms with Gasteiger partial charge in [0.25, 0.3) is 5.91 Å². The average Bonchev–Trinajstić information content (AvgIpc) is 3.10. The van der Waals surface area contributed by atoms with E-state index in [1.165, 1.54) is 28.3 Å². The summed E-state index contributed by atoms with van der Waals surface area (Å²) in [5.41, 5.74) is 1.85. The van der Waals surface area contributed by atoms with Crippen molar-refractivity contribution < 1.29 is 13.2 Å². The Morgan fingerprint density at radius 3 is 2.71 bits per heavy atom. The van der Waals surface area contributed by atoms with E-state index in [1.807, 2.05) is 0 Å². The number of rotatable bonds is 5. The number of nitrogens with one attached hydrogen (secondary N) is 2. The van der Waals surface area contributed by atoms with Gasteiger partial charge in [-0.1, -0.05) is 32.3 Å². The standard InChI is InChI=1S/C23H27N3O3S2/c1-15-10-11-19-20(14-24)23(30-21(19)12-15)25-22(27)16-6-5-9-18(13-16)31(28,29)26-17-7-3-2-4-8-17/h5-6,9,13,15,17,26H,2-4,7-8,10-12H2,1H3,(H,25,27)/t15-/m0/s1. The monoisotopic (exact) mass is 457 g/mol. The molecule has 31 heavy (non-hydrogen) atoms. The molecule has 4 rings (SSSR count).